The van der Waals surface area contributed by atoms with Crippen LogP contribution in [0.3, 0.4) is 0 Å². The van der Waals surface area contributed by atoms with Crippen LogP contribution in [0.4, 0.5) is 0 Å². The molecular formula is C11H12Cl3N. The Balaban J connectivity index is 2.23. The molecule has 0 spiro atoms. The number of halogens is 3. The zero-order valence-electron chi connectivity index (χ0n) is 8.14. The van der Waals surface area contributed by atoms with E-state index in [1.54, 1.807) is 0 Å². The van der Waals surface area contributed by atoms with Crippen molar-refractivity contribution >= 4 is 34.8 Å². The molecule has 0 fully saturated rings. The van der Waals surface area contributed by atoms with Crippen LogP contribution in [0.25, 0.3) is 0 Å². The molecule has 15 heavy (non-hydrogen) atoms. The average Bonchev–Trinajstić information content (AvgIpc) is 2.26. The third-order valence-corrected chi connectivity index (χ3v) is 2.79. The summed E-state index contributed by atoms with van der Waals surface area (Å²) in [5.74, 6) is 0. The van der Waals surface area contributed by atoms with Crippen molar-refractivity contribution in [3.05, 3.63) is 45.4 Å². The standard InChI is InChI=1S/C11H12Cl3N/c12-7-11(14)8-15-6-5-9-1-3-10(13)4-2-9/h1-4,7,15H,5-6,8H2. The molecular weight excluding hydrogens is 252 g/mol. The number of hydrogen-bond donors (Lipinski definition) is 1. The monoisotopic (exact) mass is 263 g/mol. The predicted molar refractivity (Wildman–Crippen MR) is 67.8 cm³/mol. The van der Waals surface area contributed by atoms with E-state index in [9.17, 15) is 0 Å². The maximum absolute atomic E-state index is 5.78. The second kappa shape index (κ2) is 7.13. The summed E-state index contributed by atoms with van der Waals surface area (Å²) in [6, 6.07) is 7.82. The van der Waals surface area contributed by atoms with E-state index in [2.05, 4.69) is 5.32 Å². The molecule has 0 aromatic heterocycles. The van der Waals surface area contributed by atoms with Crippen LogP contribution in [0.2, 0.25) is 5.02 Å². The molecule has 1 rings (SSSR count). The van der Waals surface area contributed by atoms with Crippen LogP contribution in [0.15, 0.2) is 34.8 Å². The first-order valence-corrected chi connectivity index (χ1v) is 5.81. The van der Waals surface area contributed by atoms with Gasteiger partial charge in [0.15, 0.2) is 0 Å². The van der Waals surface area contributed by atoms with E-state index in [0.717, 1.165) is 18.0 Å². The summed E-state index contributed by atoms with van der Waals surface area (Å²) in [5, 5.41) is 4.56. The molecule has 0 atom stereocenters. The molecule has 1 aromatic carbocycles. The largest absolute Gasteiger partial charge is 0.311 e. The fraction of sp³-hybridized carbons (Fsp3) is 0.273. The first-order chi connectivity index (χ1) is 7.22. The molecule has 1 nitrogen and oxygen atoms in total. The quantitative estimate of drug-likeness (QED) is 0.798. The summed E-state index contributed by atoms with van der Waals surface area (Å²) >= 11 is 16.9. The fourth-order valence-corrected chi connectivity index (χ4v) is 1.43. The summed E-state index contributed by atoms with van der Waals surface area (Å²) < 4.78 is 0. The normalized spacial score (nSPS) is 11.8. The number of benzene rings is 1. The lowest BCUT2D eigenvalue weighted by Crippen LogP contribution is -2.18. The van der Waals surface area contributed by atoms with E-state index in [4.69, 9.17) is 34.8 Å². The Kier molecular flexibility index (Phi) is 6.11. The maximum atomic E-state index is 5.78. The van der Waals surface area contributed by atoms with Gasteiger partial charge >= 0.3 is 0 Å². The van der Waals surface area contributed by atoms with Crippen LogP contribution in [-0.4, -0.2) is 13.1 Å². The molecule has 0 unspecified atom stereocenters. The molecule has 0 saturated heterocycles. The van der Waals surface area contributed by atoms with E-state index in [1.165, 1.54) is 11.1 Å². The molecule has 0 heterocycles. The van der Waals surface area contributed by atoms with Gasteiger partial charge in [-0.1, -0.05) is 46.9 Å². The van der Waals surface area contributed by atoms with Crippen LogP contribution >= 0.6 is 34.8 Å². The van der Waals surface area contributed by atoms with Crippen LogP contribution in [0.1, 0.15) is 5.56 Å². The lowest BCUT2D eigenvalue weighted by atomic mass is 10.1. The third-order valence-electron chi connectivity index (χ3n) is 1.92. The van der Waals surface area contributed by atoms with Crippen molar-refractivity contribution in [3.63, 3.8) is 0 Å². The average molecular weight is 265 g/mol. The van der Waals surface area contributed by atoms with Crippen LogP contribution in [-0.2, 0) is 6.42 Å². The van der Waals surface area contributed by atoms with Gasteiger partial charge in [-0.15, -0.1) is 0 Å². The Morgan fingerprint density at radius 3 is 2.53 bits per heavy atom. The smallest absolute Gasteiger partial charge is 0.0431 e. The maximum Gasteiger partial charge on any atom is 0.0431 e. The number of hydrogen-bond acceptors (Lipinski definition) is 1. The Bertz CT molecular complexity index is 319. The first kappa shape index (κ1) is 12.9. The van der Waals surface area contributed by atoms with Crippen LogP contribution in [0, 0.1) is 0 Å². The Hall–Kier alpha value is -0.210. The van der Waals surface area contributed by atoms with Crippen molar-refractivity contribution < 1.29 is 0 Å². The van der Waals surface area contributed by atoms with E-state index >= 15 is 0 Å². The molecule has 1 N–H and O–H groups in total. The molecule has 0 aliphatic rings. The Labute approximate surface area is 105 Å². The van der Waals surface area contributed by atoms with Crippen molar-refractivity contribution in [3.8, 4) is 0 Å². The highest BCUT2D eigenvalue weighted by atomic mass is 35.5. The van der Waals surface area contributed by atoms with Gasteiger partial charge in [-0.25, -0.2) is 0 Å². The molecule has 0 bridgehead atoms. The second-order valence-electron chi connectivity index (χ2n) is 3.11. The molecule has 4 heteroatoms. The molecule has 0 aliphatic heterocycles. The summed E-state index contributed by atoms with van der Waals surface area (Å²) in [6.45, 7) is 1.47. The SMILES string of the molecule is ClC=C(Cl)CNCCc1ccc(Cl)cc1. The van der Waals surface area contributed by atoms with Crippen molar-refractivity contribution in [1.29, 1.82) is 0 Å². The molecule has 0 saturated carbocycles. The van der Waals surface area contributed by atoms with Crippen molar-refractivity contribution in [2.45, 2.75) is 6.42 Å². The molecule has 82 valence electrons. The van der Waals surface area contributed by atoms with E-state index in [-0.39, 0.29) is 0 Å². The number of rotatable bonds is 5. The molecule has 0 amide bonds. The highest BCUT2D eigenvalue weighted by Gasteiger charge is 1.94. The Morgan fingerprint density at radius 1 is 1.27 bits per heavy atom. The molecule has 0 radical (unpaired) electrons. The van der Waals surface area contributed by atoms with E-state index < -0.39 is 0 Å². The topological polar surface area (TPSA) is 12.0 Å². The minimum absolute atomic E-state index is 0.610. The van der Waals surface area contributed by atoms with Crippen molar-refractivity contribution in [2.24, 2.45) is 0 Å². The minimum Gasteiger partial charge on any atom is -0.311 e. The summed E-state index contributed by atoms with van der Waals surface area (Å²) in [6.07, 6.45) is 0.948. The summed E-state index contributed by atoms with van der Waals surface area (Å²) in [5.41, 5.74) is 2.62. The molecule has 0 aliphatic carbocycles. The van der Waals surface area contributed by atoms with Crippen molar-refractivity contribution in [1.82, 2.24) is 5.32 Å². The lowest BCUT2D eigenvalue weighted by Gasteiger charge is -2.03. The van der Waals surface area contributed by atoms with Gasteiger partial charge < -0.3 is 5.32 Å². The summed E-state index contributed by atoms with van der Waals surface area (Å²) in [7, 11) is 0. The minimum atomic E-state index is 0.610. The van der Waals surface area contributed by atoms with Gasteiger partial charge in [0.2, 0.25) is 0 Å². The van der Waals surface area contributed by atoms with Gasteiger partial charge in [0.05, 0.1) is 0 Å². The van der Waals surface area contributed by atoms with Gasteiger partial charge in [0.1, 0.15) is 0 Å². The van der Waals surface area contributed by atoms with Crippen molar-refractivity contribution in [2.75, 3.05) is 13.1 Å². The van der Waals surface area contributed by atoms with Gasteiger partial charge in [0, 0.05) is 22.1 Å². The van der Waals surface area contributed by atoms with Gasteiger partial charge in [-0.2, -0.15) is 0 Å². The predicted octanol–water partition coefficient (Wildman–Crippen LogP) is 3.79. The van der Waals surface area contributed by atoms with E-state index in [1.807, 2.05) is 24.3 Å². The fourth-order valence-electron chi connectivity index (χ4n) is 1.13. The van der Waals surface area contributed by atoms with Gasteiger partial charge in [0.25, 0.3) is 0 Å². The summed E-state index contributed by atoms with van der Waals surface area (Å²) in [4.78, 5) is 0. The number of nitrogens with one attached hydrogen (secondary N) is 1. The zero-order chi connectivity index (χ0) is 11.1. The zero-order valence-corrected chi connectivity index (χ0v) is 10.4. The highest BCUT2D eigenvalue weighted by molar-refractivity contribution is 6.36. The van der Waals surface area contributed by atoms with Crippen LogP contribution < -0.4 is 5.32 Å². The molecule has 1 aromatic rings. The van der Waals surface area contributed by atoms with Gasteiger partial charge in [-0.05, 0) is 30.7 Å². The third kappa shape index (κ3) is 5.43. The first-order valence-electron chi connectivity index (χ1n) is 4.62. The lowest BCUT2D eigenvalue weighted by molar-refractivity contribution is 0.740. The van der Waals surface area contributed by atoms with Gasteiger partial charge in [-0.3, -0.25) is 0 Å². The van der Waals surface area contributed by atoms with E-state index in [0.29, 0.717) is 11.6 Å². The van der Waals surface area contributed by atoms with Crippen LogP contribution in [0.5, 0.6) is 0 Å². The second-order valence-corrected chi connectivity index (χ2v) is 4.25. The Morgan fingerprint density at radius 2 is 1.93 bits per heavy atom. The highest BCUT2D eigenvalue weighted by Crippen LogP contribution is 2.09.